The summed E-state index contributed by atoms with van der Waals surface area (Å²) in [6.45, 7) is 6.42. The van der Waals surface area contributed by atoms with E-state index in [1.165, 1.54) is 11.1 Å². The van der Waals surface area contributed by atoms with Crippen molar-refractivity contribution in [1.82, 2.24) is 0 Å². The first-order chi connectivity index (χ1) is 7.66. The van der Waals surface area contributed by atoms with Crippen molar-refractivity contribution in [3.05, 3.63) is 48.0 Å². The highest BCUT2D eigenvalue weighted by atomic mass is 14.7. The summed E-state index contributed by atoms with van der Waals surface area (Å²) >= 11 is 0. The molecule has 0 amide bonds. The fourth-order valence-corrected chi connectivity index (χ4v) is 3.05. The molecule has 2 N–H and O–H groups in total. The zero-order valence-corrected chi connectivity index (χ0v) is 10.1. The Kier molecular flexibility index (Phi) is 3.15. The van der Waals surface area contributed by atoms with Gasteiger partial charge in [-0.1, -0.05) is 49.4 Å². The van der Waals surface area contributed by atoms with E-state index < -0.39 is 0 Å². The summed E-state index contributed by atoms with van der Waals surface area (Å²) < 4.78 is 0. The molecular weight excluding hydrogens is 194 g/mol. The Labute approximate surface area is 98.4 Å². The molecule has 16 heavy (non-hydrogen) atoms. The van der Waals surface area contributed by atoms with Gasteiger partial charge < -0.3 is 5.73 Å². The molecule has 1 aromatic carbocycles. The Morgan fingerprint density at radius 3 is 2.62 bits per heavy atom. The molecule has 2 rings (SSSR count). The van der Waals surface area contributed by atoms with Crippen LogP contribution in [-0.2, 0) is 5.41 Å². The van der Waals surface area contributed by atoms with E-state index in [-0.39, 0.29) is 11.5 Å². The number of hydrogen-bond acceptors (Lipinski definition) is 1. The van der Waals surface area contributed by atoms with Crippen molar-refractivity contribution in [3.63, 3.8) is 0 Å². The van der Waals surface area contributed by atoms with Crippen molar-refractivity contribution in [2.75, 3.05) is 0 Å². The molecule has 86 valence electrons. The molecule has 1 heteroatoms. The van der Waals surface area contributed by atoms with Crippen molar-refractivity contribution in [1.29, 1.82) is 0 Å². The third-order valence-corrected chi connectivity index (χ3v) is 3.86. The van der Waals surface area contributed by atoms with Gasteiger partial charge in [0.2, 0.25) is 0 Å². The molecule has 2 atom stereocenters. The van der Waals surface area contributed by atoms with Crippen LogP contribution in [0.3, 0.4) is 0 Å². The maximum absolute atomic E-state index is 6.15. The predicted octanol–water partition coefficient (Wildman–Crippen LogP) is 3.40. The third-order valence-electron chi connectivity index (χ3n) is 3.86. The zero-order chi connectivity index (χ0) is 11.6. The summed E-state index contributed by atoms with van der Waals surface area (Å²) in [4.78, 5) is 0. The van der Waals surface area contributed by atoms with Crippen LogP contribution in [0, 0.1) is 0 Å². The summed E-state index contributed by atoms with van der Waals surface area (Å²) in [5.74, 6) is 0. The molecule has 1 fully saturated rings. The van der Waals surface area contributed by atoms with Crippen molar-refractivity contribution in [2.45, 2.75) is 44.1 Å². The standard InChI is InChI=1S/C15H21N/c1-3-15(13-7-5-4-6-8-13)10-12(2)9-14(16)11-15/h4-8,14H,2-3,9-11,16H2,1H3. The lowest BCUT2D eigenvalue weighted by atomic mass is 9.65. The molecule has 2 unspecified atom stereocenters. The van der Waals surface area contributed by atoms with Crippen molar-refractivity contribution >= 4 is 0 Å². The average Bonchev–Trinajstić information content (AvgIpc) is 2.29. The van der Waals surface area contributed by atoms with Crippen LogP contribution in [0.5, 0.6) is 0 Å². The molecule has 0 spiro atoms. The average molecular weight is 215 g/mol. The largest absolute Gasteiger partial charge is 0.327 e. The van der Waals surface area contributed by atoms with Gasteiger partial charge in [0, 0.05) is 11.5 Å². The zero-order valence-electron chi connectivity index (χ0n) is 10.1. The van der Waals surface area contributed by atoms with Gasteiger partial charge in [-0.05, 0) is 31.2 Å². The lowest BCUT2D eigenvalue weighted by Crippen LogP contribution is -2.39. The van der Waals surface area contributed by atoms with E-state index in [4.69, 9.17) is 5.73 Å². The fourth-order valence-electron chi connectivity index (χ4n) is 3.05. The highest BCUT2D eigenvalue weighted by Crippen LogP contribution is 2.43. The van der Waals surface area contributed by atoms with Crippen molar-refractivity contribution in [2.24, 2.45) is 5.73 Å². The lowest BCUT2D eigenvalue weighted by Gasteiger charge is -2.41. The Hall–Kier alpha value is -1.08. The maximum atomic E-state index is 6.15. The van der Waals surface area contributed by atoms with Crippen LogP contribution in [0.4, 0.5) is 0 Å². The van der Waals surface area contributed by atoms with E-state index in [1.54, 1.807) is 0 Å². The molecule has 0 heterocycles. The van der Waals surface area contributed by atoms with E-state index in [0.29, 0.717) is 0 Å². The molecular formula is C15H21N. The van der Waals surface area contributed by atoms with Crippen LogP contribution >= 0.6 is 0 Å². The molecule has 1 nitrogen and oxygen atoms in total. The van der Waals surface area contributed by atoms with E-state index in [1.807, 2.05) is 0 Å². The number of nitrogens with two attached hydrogens (primary N) is 1. The van der Waals surface area contributed by atoms with Crippen LogP contribution < -0.4 is 5.73 Å². The van der Waals surface area contributed by atoms with E-state index in [0.717, 1.165) is 25.7 Å². The second kappa shape index (κ2) is 4.42. The molecule has 1 saturated carbocycles. The monoisotopic (exact) mass is 215 g/mol. The van der Waals surface area contributed by atoms with Crippen LogP contribution in [0.1, 0.15) is 38.2 Å². The van der Waals surface area contributed by atoms with Crippen molar-refractivity contribution < 1.29 is 0 Å². The minimum atomic E-state index is 0.232. The quantitative estimate of drug-likeness (QED) is 0.752. The van der Waals surface area contributed by atoms with E-state index >= 15 is 0 Å². The van der Waals surface area contributed by atoms with Crippen LogP contribution in [0.15, 0.2) is 42.5 Å². The van der Waals surface area contributed by atoms with Crippen molar-refractivity contribution in [3.8, 4) is 0 Å². The molecule has 1 aliphatic rings. The SMILES string of the molecule is C=C1CC(N)CC(CC)(c2ccccc2)C1. The number of rotatable bonds is 2. The molecule has 0 bridgehead atoms. The van der Waals surface area contributed by atoms with Gasteiger partial charge in [-0.25, -0.2) is 0 Å². The van der Waals surface area contributed by atoms with Gasteiger partial charge in [0.25, 0.3) is 0 Å². The lowest BCUT2D eigenvalue weighted by molar-refractivity contribution is 0.303. The number of benzene rings is 1. The fraction of sp³-hybridized carbons (Fsp3) is 0.467. The smallest absolute Gasteiger partial charge is 0.00845 e. The Morgan fingerprint density at radius 2 is 2.06 bits per heavy atom. The van der Waals surface area contributed by atoms with Gasteiger partial charge in [0.05, 0.1) is 0 Å². The highest BCUT2D eigenvalue weighted by Gasteiger charge is 2.36. The molecule has 1 aliphatic carbocycles. The van der Waals surface area contributed by atoms with Gasteiger partial charge >= 0.3 is 0 Å². The molecule has 0 aliphatic heterocycles. The first kappa shape index (κ1) is 11.4. The Balaban J connectivity index is 2.35. The van der Waals surface area contributed by atoms with E-state index in [9.17, 15) is 0 Å². The second-order valence-electron chi connectivity index (χ2n) is 5.10. The van der Waals surface area contributed by atoms with E-state index in [2.05, 4.69) is 43.8 Å². The summed E-state index contributed by atoms with van der Waals surface area (Å²) in [6.07, 6.45) is 4.33. The molecule has 0 radical (unpaired) electrons. The van der Waals surface area contributed by atoms with Gasteiger partial charge in [-0.2, -0.15) is 0 Å². The minimum absolute atomic E-state index is 0.232. The summed E-state index contributed by atoms with van der Waals surface area (Å²) in [5, 5.41) is 0. The summed E-state index contributed by atoms with van der Waals surface area (Å²) in [5.41, 5.74) is 9.12. The van der Waals surface area contributed by atoms with Crippen LogP contribution in [0.2, 0.25) is 0 Å². The molecule has 1 aromatic rings. The van der Waals surface area contributed by atoms with Gasteiger partial charge in [0.15, 0.2) is 0 Å². The minimum Gasteiger partial charge on any atom is -0.327 e. The normalized spacial score (nSPS) is 30.4. The van der Waals surface area contributed by atoms with Crippen LogP contribution in [0.25, 0.3) is 0 Å². The maximum Gasteiger partial charge on any atom is 0.00845 e. The topological polar surface area (TPSA) is 26.0 Å². The summed E-state index contributed by atoms with van der Waals surface area (Å²) in [6, 6.07) is 11.1. The van der Waals surface area contributed by atoms with Gasteiger partial charge in [-0.3, -0.25) is 0 Å². The summed E-state index contributed by atoms with van der Waals surface area (Å²) in [7, 11) is 0. The van der Waals surface area contributed by atoms with Gasteiger partial charge in [0.1, 0.15) is 0 Å². The molecule has 0 aromatic heterocycles. The van der Waals surface area contributed by atoms with Gasteiger partial charge in [-0.15, -0.1) is 0 Å². The number of hydrogen-bond donors (Lipinski definition) is 1. The Morgan fingerprint density at radius 1 is 1.38 bits per heavy atom. The third kappa shape index (κ3) is 2.05. The molecule has 0 saturated heterocycles. The predicted molar refractivity (Wildman–Crippen MR) is 69.4 cm³/mol. The second-order valence-corrected chi connectivity index (χ2v) is 5.10. The Bertz CT molecular complexity index is 368. The first-order valence-electron chi connectivity index (χ1n) is 6.14. The highest BCUT2D eigenvalue weighted by molar-refractivity contribution is 5.30. The first-order valence-corrected chi connectivity index (χ1v) is 6.14. The van der Waals surface area contributed by atoms with Crippen LogP contribution in [-0.4, -0.2) is 6.04 Å².